The Morgan fingerprint density at radius 1 is 1.59 bits per heavy atom. The maximum atomic E-state index is 13.5. The number of nitrogens with zero attached hydrogens (tertiary/aromatic N) is 2. The van der Waals surface area contributed by atoms with E-state index in [4.69, 9.17) is 5.11 Å². The number of carboxylic acids is 1. The lowest BCUT2D eigenvalue weighted by Crippen LogP contribution is -2.18. The van der Waals surface area contributed by atoms with Gasteiger partial charge in [0, 0.05) is 12.5 Å². The summed E-state index contributed by atoms with van der Waals surface area (Å²) in [5.74, 6) is -1.11. The molecule has 94 valence electrons. The van der Waals surface area contributed by atoms with E-state index in [9.17, 15) is 9.18 Å². The molecule has 0 aliphatic heterocycles. The first-order valence-electron chi connectivity index (χ1n) is 5.46. The topological polar surface area (TPSA) is 75.1 Å². The normalized spacial score (nSPS) is 12.2. The molecule has 0 aliphatic rings. The van der Waals surface area contributed by atoms with Crippen molar-refractivity contribution in [1.82, 2.24) is 9.97 Å². The highest BCUT2D eigenvalue weighted by atomic mass is 19.1. The second-order valence-corrected chi connectivity index (χ2v) is 3.95. The van der Waals surface area contributed by atoms with Crippen LogP contribution in [0.2, 0.25) is 0 Å². The summed E-state index contributed by atoms with van der Waals surface area (Å²) in [5.41, 5.74) is 0.292. The van der Waals surface area contributed by atoms with Gasteiger partial charge in [-0.3, -0.25) is 4.79 Å². The number of rotatable bonds is 6. The lowest BCUT2D eigenvalue weighted by molar-refractivity contribution is -0.137. The highest BCUT2D eigenvalue weighted by molar-refractivity contribution is 5.66. The summed E-state index contributed by atoms with van der Waals surface area (Å²) >= 11 is 0. The van der Waals surface area contributed by atoms with Crippen LogP contribution < -0.4 is 5.32 Å². The van der Waals surface area contributed by atoms with E-state index >= 15 is 0 Å². The Morgan fingerprint density at radius 2 is 2.29 bits per heavy atom. The zero-order valence-electron chi connectivity index (χ0n) is 9.90. The van der Waals surface area contributed by atoms with E-state index in [0.29, 0.717) is 18.5 Å². The fourth-order valence-electron chi connectivity index (χ4n) is 1.42. The van der Waals surface area contributed by atoms with Crippen molar-refractivity contribution < 1.29 is 14.3 Å². The van der Waals surface area contributed by atoms with Gasteiger partial charge in [-0.25, -0.2) is 14.4 Å². The third-order valence-corrected chi connectivity index (χ3v) is 2.37. The van der Waals surface area contributed by atoms with Crippen molar-refractivity contribution in [2.45, 2.75) is 39.2 Å². The average Bonchev–Trinajstić information content (AvgIpc) is 2.24. The molecule has 1 atom stereocenters. The molecular weight excluding hydrogens is 225 g/mol. The molecule has 1 aromatic heterocycles. The SMILES string of the molecule is Cc1ncnc(NC(C)CCCC(=O)O)c1F. The highest BCUT2D eigenvalue weighted by Gasteiger charge is 2.10. The molecular formula is C11H16FN3O2. The first-order chi connectivity index (χ1) is 8.00. The number of carbonyl (C=O) groups is 1. The summed E-state index contributed by atoms with van der Waals surface area (Å²) < 4.78 is 13.5. The van der Waals surface area contributed by atoms with Gasteiger partial charge in [0.05, 0.1) is 5.69 Å². The van der Waals surface area contributed by atoms with Crippen molar-refractivity contribution in [2.75, 3.05) is 5.32 Å². The van der Waals surface area contributed by atoms with Gasteiger partial charge in [-0.2, -0.15) is 0 Å². The van der Waals surface area contributed by atoms with E-state index in [2.05, 4.69) is 15.3 Å². The molecule has 0 saturated heterocycles. The lowest BCUT2D eigenvalue weighted by atomic mass is 10.1. The summed E-state index contributed by atoms with van der Waals surface area (Å²) in [5, 5.41) is 11.4. The fourth-order valence-corrected chi connectivity index (χ4v) is 1.42. The fraction of sp³-hybridized carbons (Fsp3) is 0.545. The third kappa shape index (κ3) is 4.34. The second-order valence-electron chi connectivity index (χ2n) is 3.95. The van der Waals surface area contributed by atoms with E-state index < -0.39 is 11.8 Å². The van der Waals surface area contributed by atoms with E-state index in [1.165, 1.54) is 6.33 Å². The van der Waals surface area contributed by atoms with Crippen LogP contribution >= 0.6 is 0 Å². The number of aryl methyl sites for hydroxylation is 1. The van der Waals surface area contributed by atoms with Crippen molar-refractivity contribution in [3.8, 4) is 0 Å². The molecule has 1 unspecified atom stereocenters. The van der Waals surface area contributed by atoms with Crippen LogP contribution in [0.5, 0.6) is 0 Å². The average molecular weight is 241 g/mol. The van der Waals surface area contributed by atoms with Gasteiger partial charge in [-0.1, -0.05) is 0 Å². The van der Waals surface area contributed by atoms with Gasteiger partial charge in [0.1, 0.15) is 6.33 Å². The van der Waals surface area contributed by atoms with Crippen molar-refractivity contribution >= 4 is 11.8 Å². The molecule has 0 aromatic carbocycles. The summed E-state index contributed by atoms with van der Waals surface area (Å²) in [4.78, 5) is 17.9. The van der Waals surface area contributed by atoms with Gasteiger partial charge in [-0.15, -0.1) is 0 Å². The van der Waals surface area contributed by atoms with Crippen molar-refractivity contribution in [2.24, 2.45) is 0 Å². The second kappa shape index (κ2) is 6.12. The van der Waals surface area contributed by atoms with Crippen LogP contribution in [0.25, 0.3) is 0 Å². The Kier molecular flexibility index (Phi) is 4.81. The molecule has 0 amide bonds. The number of hydrogen-bond acceptors (Lipinski definition) is 4. The molecule has 1 rings (SSSR count). The molecule has 6 heteroatoms. The van der Waals surface area contributed by atoms with Gasteiger partial charge in [0.2, 0.25) is 0 Å². The van der Waals surface area contributed by atoms with E-state index in [1.807, 2.05) is 6.92 Å². The summed E-state index contributed by atoms with van der Waals surface area (Å²) in [6.45, 7) is 3.43. The first kappa shape index (κ1) is 13.3. The quantitative estimate of drug-likeness (QED) is 0.796. The highest BCUT2D eigenvalue weighted by Crippen LogP contribution is 2.14. The van der Waals surface area contributed by atoms with Crippen LogP contribution in [0.3, 0.4) is 0 Å². The number of halogens is 1. The van der Waals surface area contributed by atoms with Gasteiger partial charge >= 0.3 is 5.97 Å². The molecule has 1 heterocycles. The molecule has 2 N–H and O–H groups in total. The smallest absolute Gasteiger partial charge is 0.303 e. The molecule has 1 aromatic rings. The standard InChI is InChI=1S/C11H16FN3O2/c1-7(4-3-5-9(16)17)15-11-10(12)8(2)13-6-14-11/h6-7H,3-5H2,1-2H3,(H,16,17)(H,13,14,15). The van der Waals surface area contributed by atoms with Crippen molar-refractivity contribution in [3.63, 3.8) is 0 Å². The number of aliphatic carboxylic acids is 1. The Balaban J connectivity index is 2.47. The Labute approximate surface area is 99.1 Å². The number of nitrogens with one attached hydrogen (secondary N) is 1. The minimum atomic E-state index is -0.818. The number of hydrogen-bond donors (Lipinski definition) is 2. The molecule has 0 aliphatic carbocycles. The summed E-state index contributed by atoms with van der Waals surface area (Å²) in [6, 6.07) is -0.0295. The van der Waals surface area contributed by atoms with E-state index in [0.717, 1.165) is 0 Å². The van der Waals surface area contributed by atoms with E-state index in [1.54, 1.807) is 6.92 Å². The Bertz CT molecular complexity index is 398. The lowest BCUT2D eigenvalue weighted by Gasteiger charge is -2.14. The van der Waals surface area contributed by atoms with Crippen molar-refractivity contribution in [3.05, 3.63) is 17.8 Å². The largest absolute Gasteiger partial charge is 0.481 e. The predicted octanol–water partition coefficient (Wildman–Crippen LogP) is 1.98. The van der Waals surface area contributed by atoms with Crippen LogP contribution in [0.4, 0.5) is 10.2 Å². The number of anilines is 1. The first-order valence-corrected chi connectivity index (χ1v) is 5.46. The van der Waals surface area contributed by atoms with Crippen LogP contribution in [0.15, 0.2) is 6.33 Å². The number of carboxylic acid groups (broad SMARTS) is 1. The molecule has 0 fully saturated rings. The molecule has 0 bridgehead atoms. The molecule has 0 spiro atoms. The summed E-state index contributed by atoms with van der Waals surface area (Å²) in [6.07, 6.45) is 2.62. The van der Waals surface area contributed by atoms with Crippen LogP contribution in [0.1, 0.15) is 31.9 Å². The van der Waals surface area contributed by atoms with Crippen molar-refractivity contribution in [1.29, 1.82) is 0 Å². The zero-order valence-corrected chi connectivity index (χ0v) is 9.90. The summed E-state index contributed by atoms with van der Waals surface area (Å²) in [7, 11) is 0. The van der Waals surface area contributed by atoms with Gasteiger partial charge in [-0.05, 0) is 26.7 Å². The van der Waals surface area contributed by atoms with E-state index in [-0.39, 0.29) is 18.3 Å². The van der Waals surface area contributed by atoms with Gasteiger partial charge < -0.3 is 10.4 Å². The Morgan fingerprint density at radius 3 is 2.94 bits per heavy atom. The number of aromatic nitrogens is 2. The monoisotopic (exact) mass is 241 g/mol. The minimum Gasteiger partial charge on any atom is -0.481 e. The maximum Gasteiger partial charge on any atom is 0.303 e. The minimum absolute atomic E-state index is 0.0295. The van der Waals surface area contributed by atoms with Gasteiger partial charge in [0.15, 0.2) is 11.6 Å². The molecule has 5 nitrogen and oxygen atoms in total. The maximum absolute atomic E-state index is 13.5. The van der Waals surface area contributed by atoms with Crippen LogP contribution in [-0.2, 0) is 4.79 Å². The predicted molar refractivity (Wildman–Crippen MR) is 61.3 cm³/mol. The third-order valence-electron chi connectivity index (χ3n) is 2.37. The zero-order chi connectivity index (χ0) is 12.8. The molecule has 17 heavy (non-hydrogen) atoms. The van der Waals surface area contributed by atoms with Crippen LogP contribution in [-0.4, -0.2) is 27.1 Å². The molecule has 0 radical (unpaired) electrons. The molecule has 0 saturated carbocycles. The van der Waals surface area contributed by atoms with Crippen LogP contribution in [0, 0.1) is 12.7 Å². The Hall–Kier alpha value is -1.72. The van der Waals surface area contributed by atoms with Gasteiger partial charge in [0.25, 0.3) is 0 Å².